The molecule has 0 saturated carbocycles. The zero-order chi connectivity index (χ0) is 15.7. The quantitative estimate of drug-likeness (QED) is 0.595. The van der Waals surface area contributed by atoms with Gasteiger partial charge in [0.05, 0.1) is 0 Å². The minimum atomic E-state index is 0.272. The van der Waals surface area contributed by atoms with Crippen LogP contribution in [-0.2, 0) is 5.41 Å². The molecule has 0 aliphatic rings. The average Bonchev–Trinajstić information content (AvgIpc) is 2.50. The first-order valence-electron chi connectivity index (χ1n) is 8.89. The Balaban J connectivity index is 2.96. The normalized spacial score (nSPS) is 13.6. The van der Waals surface area contributed by atoms with Crippen molar-refractivity contribution in [2.45, 2.75) is 78.2 Å². The van der Waals surface area contributed by atoms with E-state index in [0.29, 0.717) is 6.04 Å². The predicted octanol–water partition coefficient (Wildman–Crippen LogP) is 5.55. The van der Waals surface area contributed by atoms with Crippen LogP contribution in [0, 0.1) is 5.92 Å². The van der Waals surface area contributed by atoms with Crippen LogP contribution in [0.1, 0.15) is 72.3 Å². The van der Waals surface area contributed by atoms with Crippen LogP contribution in [0.15, 0.2) is 30.3 Å². The molecular weight excluding hydrogens is 254 g/mol. The van der Waals surface area contributed by atoms with Crippen molar-refractivity contribution in [3.05, 3.63) is 35.9 Å². The van der Waals surface area contributed by atoms with Crippen molar-refractivity contribution in [1.82, 2.24) is 5.32 Å². The number of hydrogen-bond acceptors (Lipinski definition) is 1. The second-order valence-corrected chi connectivity index (χ2v) is 6.66. The summed E-state index contributed by atoms with van der Waals surface area (Å²) in [7, 11) is 0. The second kappa shape index (κ2) is 9.25. The van der Waals surface area contributed by atoms with Crippen LogP contribution in [0.4, 0.5) is 0 Å². The van der Waals surface area contributed by atoms with Crippen molar-refractivity contribution in [1.29, 1.82) is 0 Å². The molecule has 1 N–H and O–H groups in total. The van der Waals surface area contributed by atoms with E-state index in [2.05, 4.69) is 70.3 Å². The Bertz CT molecular complexity index is 365. The summed E-state index contributed by atoms with van der Waals surface area (Å²) in [4.78, 5) is 0. The number of hydrogen-bond donors (Lipinski definition) is 1. The molecule has 1 heteroatoms. The van der Waals surface area contributed by atoms with Gasteiger partial charge < -0.3 is 5.32 Å². The Morgan fingerprint density at radius 1 is 0.952 bits per heavy atom. The van der Waals surface area contributed by atoms with E-state index in [1.54, 1.807) is 0 Å². The molecule has 0 aliphatic carbocycles. The molecule has 21 heavy (non-hydrogen) atoms. The number of benzene rings is 1. The third-order valence-corrected chi connectivity index (χ3v) is 5.00. The Labute approximate surface area is 132 Å². The summed E-state index contributed by atoms with van der Waals surface area (Å²) in [5, 5.41) is 3.80. The van der Waals surface area contributed by atoms with Gasteiger partial charge >= 0.3 is 0 Å². The minimum absolute atomic E-state index is 0.272. The summed E-state index contributed by atoms with van der Waals surface area (Å²) >= 11 is 0. The molecule has 1 atom stereocenters. The molecule has 0 radical (unpaired) electrons. The maximum Gasteiger partial charge on any atom is 0.0164 e. The fraction of sp³-hybridized carbons (Fsp3) is 0.700. The summed E-state index contributed by atoms with van der Waals surface area (Å²) < 4.78 is 0. The maximum absolute atomic E-state index is 3.80. The predicted molar refractivity (Wildman–Crippen MR) is 94.9 cm³/mol. The summed E-state index contributed by atoms with van der Waals surface area (Å²) in [6, 6.07) is 11.7. The van der Waals surface area contributed by atoms with Gasteiger partial charge in [0, 0.05) is 11.5 Å². The molecule has 0 fully saturated rings. The molecule has 120 valence electrons. The maximum atomic E-state index is 3.80. The summed E-state index contributed by atoms with van der Waals surface area (Å²) in [5.74, 6) is 0.807. The lowest BCUT2D eigenvalue weighted by Crippen LogP contribution is -2.48. The molecule has 0 heterocycles. The molecule has 1 aromatic rings. The second-order valence-electron chi connectivity index (χ2n) is 6.66. The van der Waals surface area contributed by atoms with Crippen LogP contribution in [0.2, 0.25) is 0 Å². The van der Waals surface area contributed by atoms with Gasteiger partial charge in [-0.15, -0.1) is 0 Å². The van der Waals surface area contributed by atoms with Crippen molar-refractivity contribution < 1.29 is 0 Å². The van der Waals surface area contributed by atoms with Gasteiger partial charge in [-0.05, 0) is 37.3 Å². The summed E-state index contributed by atoms with van der Waals surface area (Å²) in [6.45, 7) is 12.6. The van der Waals surface area contributed by atoms with Crippen LogP contribution < -0.4 is 5.32 Å². The molecule has 1 aromatic carbocycles. The molecule has 0 saturated heterocycles. The van der Waals surface area contributed by atoms with Crippen molar-refractivity contribution >= 4 is 0 Å². The molecular formula is C20H35N. The van der Waals surface area contributed by atoms with E-state index in [4.69, 9.17) is 0 Å². The Morgan fingerprint density at radius 2 is 1.57 bits per heavy atom. The van der Waals surface area contributed by atoms with Crippen LogP contribution in [0.5, 0.6) is 0 Å². The molecule has 0 amide bonds. The van der Waals surface area contributed by atoms with Gasteiger partial charge in [-0.2, -0.15) is 0 Å². The zero-order valence-electron chi connectivity index (χ0n) is 14.8. The standard InChI is InChI=1S/C20H35N/c1-6-20(7-2,18-14-10-9-11-15-18)19(21-8-3)16-12-13-17(4)5/h9-11,14-15,17,19,21H,6-8,12-13,16H2,1-5H3. The molecule has 1 nitrogen and oxygen atoms in total. The number of likely N-dealkylation sites (N-methyl/N-ethyl adjacent to an activating group) is 1. The lowest BCUT2D eigenvalue weighted by atomic mass is 9.68. The Kier molecular flexibility index (Phi) is 8.03. The average molecular weight is 290 g/mol. The van der Waals surface area contributed by atoms with E-state index in [-0.39, 0.29) is 5.41 Å². The molecule has 0 spiro atoms. The lowest BCUT2D eigenvalue weighted by molar-refractivity contribution is 0.253. The summed E-state index contributed by atoms with van der Waals surface area (Å²) in [5.41, 5.74) is 1.78. The third-order valence-electron chi connectivity index (χ3n) is 5.00. The Morgan fingerprint density at radius 3 is 2.05 bits per heavy atom. The number of nitrogens with one attached hydrogen (secondary N) is 1. The van der Waals surface area contributed by atoms with E-state index >= 15 is 0 Å². The van der Waals surface area contributed by atoms with Crippen LogP contribution in [0.3, 0.4) is 0 Å². The van der Waals surface area contributed by atoms with Crippen molar-refractivity contribution in [2.24, 2.45) is 5.92 Å². The van der Waals surface area contributed by atoms with E-state index in [1.807, 2.05) is 0 Å². The highest BCUT2D eigenvalue weighted by Crippen LogP contribution is 2.37. The fourth-order valence-electron chi connectivity index (χ4n) is 3.67. The summed E-state index contributed by atoms with van der Waals surface area (Å²) in [6.07, 6.45) is 6.34. The van der Waals surface area contributed by atoms with Crippen molar-refractivity contribution in [3.8, 4) is 0 Å². The van der Waals surface area contributed by atoms with Gasteiger partial charge in [0.15, 0.2) is 0 Å². The van der Waals surface area contributed by atoms with Crippen LogP contribution >= 0.6 is 0 Å². The fourth-order valence-corrected chi connectivity index (χ4v) is 3.67. The number of rotatable bonds is 10. The van der Waals surface area contributed by atoms with Gasteiger partial charge in [-0.25, -0.2) is 0 Å². The zero-order valence-corrected chi connectivity index (χ0v) is 14.8. The largest absolute Gasteiger partial charge is 0.313 e. The highest BCUT2D eigenvalue weighted by atomic mass is 14.9. The Hall–Kier alpha value is -0.820. The van der Waals surface area contributed by atoms with Gasteiger partial charge in [-0.3, -0.25) is 0 Å². The van der Waals surface area contributed by atoms with Crippen molar-refractivity contribution in [2.75, 3.05) is 6.54 Å². The van der Waals surface area contributed by atoms with Crippen LogP contribution in [0.25, 0.3) is 0 Å². The monoisotopic (exact) mass is 289 g/mol. The minimum Gasteiger partial charge on any atom is -0.313 e. The first kappa shape index (κ1) is 18.2. The molecule has 1 rings (SSSR count). The molecule has 0 aliphatic heterocycles. The molecule has 1 unspecified atom stereocenters. The van der Waals surface area contributed by atoms with E-state index in [9.17, 15) is 0 Å². The highest BCUT2D eigenvalue weighted by molar-refractivity contribution is 5.27. The third kappa shape index (κ3) is 4.85. The van der Waals surface area contributed by atoms with E-state index in [1.165, 1.54) is 37.7 Å². The topological polar surface area (TPSA) is 12.0 Å². The molecule has 0 bridgehead atoms. The van der Waals surface area contributed by atoms with Gasteiger partial charge in [-0.1, -0.05) is 77.8 Å². The first-order chi connectivity index (χ1) is 10.1. The van der Waals surface area contributed by atoms with Crippen molar-refractivity contribution in [3.63, 3.8) is 0 Å². The van der Waals surface area contributed by atoms with Gasteiger partial charge in [0.25, 0.3) is 0 Å². The van der Waals surface area contributed by atoms with Gasteiger partial charge in [0.2, 0.25) is 0 Å². The highest BCUT2D eigenvalue weighted by Gasteiger charge is 2.36. The smallest absolute Gasteiger partial charge is 0.0164 e. The SMILES string of the molecule is CCNC(CCCC(C)C)C(CC)(CC)c1ccccc1. The lowest BCUT2D eigenvalue weighted by Gasteiger charge is -2.41. The van der Waals surface area contributed by atoms with E-state index in [0.717, 1.165) is 12.5 Å². The van der Waals surface area contributed by atoms with E-state index < -0.39 is 0 Å². The van der Waals surface area contributed by atoms with Gasteiger partial charge in [0.1, 0.15) is 0 Å². The molecule has 0 aromatic heterocycles. The van der Waals surface area contributed by atoms with Crippen LogP contribution in [-0.4, -0.2) is 12.6 Å². The first-order valence-corrected chi connectivity index (χ1v) is 8.89.